The molecule has 0 heterocycles. The van der Waals surface area contributed by atoms with Gasteiger partial charge in [0, 0.05) is 6.54 Å². The fourth-order valence-corrected chi connectivity index (χ4v) is 7.84. The number of hydrogen-bond acceptors (Lipinski definition) is 7. The lowest BCUT2D eigenvalue weighted by Gasteiger charge is -2.52. The number of ether oxygens (including phenoxy) is 1. The van der Waals surface area contributed by atoms with E-state index >= 15 is 0 Å². The number of allylic oxidation sites excluding steroid dienone is 1. The van der Waals surface area contributed by atoms with Crippen molar-refractivity contribution >= 4 is 17.9 Å². The molecule has 0 amide bonds. The lowest BCUT2D eigenvalue weighted by atomic mass is 9.52. The molecule has 4 unspecified atom stereocenters. The first-order valence-electron chi connectivity index (χ1n) is 15.5. The van der Waals surface area contributed by atoms with Crippen LogP contribution in [0.15, 0.2) is 29.8 Å². The van der Waals surface area contributed by atoms with Gasteiger partial charge in [0.2, 0.25) is 0 Å². The van der Waals surface area contributed by atoms with Gasteiger partial charge < -0.3 is 35.2 Å². The van der Waals surface area contributed by atoms with Crippen molar-refractivity contribution in [2.45, 2.75) is 84.2 Å². The summed E-state index contributed by atoms with van der Waals surface area (Å²) in [7, 11) is 0. The third kappa shape index (κ3) is 8.16. The summed E-state index contributed by atoms with van der Waals surface area (Å²) >= 11 is 0. The van der Waals surface area contributed by atoms with E-state index in [2.05, 4.69) is 44.7 Å². The lowest BCUT2D eigenvalue weighted by molar-refractivity contribution is -0.170. The van der Waals surface area contributed by atoms with Crippen molar-refractivity contribution in [3.05, 3.63) is 41.0 Å². The zero-order chi connectivity index (χ0) is 31.9. The van der Waals surface area contributed by atoms with Gasteiger partial charge in [-0.15, -0.1) is 0 Å². The van der Waals surface area contributed by atoms with E-state index in [1.807, 2.05) is 12.1 Å². The van der Waals surface area contributed by atoms with Crippen LogP contribution in [0.3, 0.4) is 0 Å². The smallest absolute Gasteiger partial charge is 0.336 e. The second kappa shape index (κ2) is 14.7. The highest BCUT2D eigenvalue weighted by molar-refractivity contribution is 5.88. The third-order valence-electron chi connectivity index (χ3n) is 10.1. The first-order chi connectivity index (χ1) is 20.3. The Hall–Kier alpha value is -2.95. The van der Waals surface area contributed by atoms with E-state index in [1.165, 1.54) is 36.8 Å². The fraction of sp³-hybridized carbons (Fsp3) is 0.667. The van der Waals surface area contributed by atoms with Gasteiger partial charge in [-0.1, -0.05) is 45.4 Å². The average Bonchev–Trinajstić information content (AvgIpc) is 3.25. The molecule has 0 aromatic heterocycles. The fourth-order valence-electron chi connectivity index (χ4n) is 7.84. The van der Waals surface area contributed by atoms with Crippen molar-refractivity contribution in [1.82, 2.24) is 4.90 Å². The molecule has 43 heavy (non-hydrogen) atoms. The maximum atomic E-state index is 10.3. The number of aliphatic hydroxyl groups is 1. The molecule has 3 aliphatic carbocycles. The minimum absolute atomic E-state index is 0.353. The van der Waals surface area contributed by atoms with Gasteiger partial charge in [0.25, 0.3) is 0 Å². The molecule has 2 saturated carbocycles. The number of phenols is 1. The zero-order valence-electron chi connectivity index (χ0n) is 25.9. The molecule has 1 aromatic carbocycles. The molecule has 5 N–H and O–H groups in total. The third-order valence-corrected chi connectivity index (χ3v) is 10.1. The average molecular weight is 604 g/mol. The first-order valence-corrected chi connectivity index (χ1v) is 15.5. The Morgan fingerprint density at radius 2 is 1.74 bits per heavy atom. The molecule has 10 heteroatoms. The van der Waals surface area contributed by atoms with Gasteiger partial charge >= 0.3 is 17.9 Å². The van der Waals surface area contributed by atoms with E-state index in [0.717, 1.165) is 51.1 Å². The molecule has 4 rings (SSSR count). The minimum Gasteiger partial charge on any atom is -0.508 e. The van der Waals surface area contributed by atoms with Crippen LogP contribution in [0, 0.1) is 23.2 Å². The predicted octanol–water partition coefficient (Wildman–Crippen LogP) is 4.53. The Labute approximate surface area is 254 Å². The number of hydrogen-bond donors (Lipinski definition) is 5. The second-order valence-electron chi connectivity index (χ2n) is 12.7. The SMILES string of the molecule is CCN(CC)CCOC/C=C1\CCC2C3C(CCC12C)c1ccc(O)cc1C[C@H]3C.O=C(O)CC(O)(CC(=O)O)C(=O)O. The summed E-state index contributed by atoms with van der Waals surface area (Å²) < 4.78 is 6.00. The molecule has 5 atom stereocenters. The number of aromatic hydroxyl groups is 1. The summed E-state index contributed by atoms with van der Waals surface area (Å²) in [5.41, 5.74) is 2.19. The van der Waals surface area contributed by atoms with Gasteiger partial charge in [-0.05, 0) is 97.5 Å². The predicted molar refractivity (Wildman–Crippen MR) is 161 cm³/mol. The largest absolute Gasteiger partial charge is 0.508 e. The monoisotopic (exact) mass is 603 g/mol. The second-order valence-corrected chi connectivity index (χ2v) is 12.7. The Morgan fingerprint density at radius 3 is 2.33 bits per heavy atom. The van der Waals surface area contributed by atoms with Gasteiger partial charge in [0.1, 0.15) is 5.75 Å². The maximum absolute atomic E-state index is 10.3. The van der Waals surface area contributed by atoms with Crippen LogP contribution in [-0.2, 0) is 25.5 Å². The van der Waals surface area contributed by atoms with Crippen LogP contribution in [0.5, 0.6) is 5.75 Å². The zero-order valence-corrected chi connectivity index (χ0v) is 25.9. The lowest BCUT2D eigenvalue weighted by Crippen LogP contribution is -2.43. The van der Waals surface area contributed by atoms with Crippen LogP contribution in [0.25, 0.3) is 0 Å². The standard InChI is InChI=1S/C27H41NO2.C6H8O7/c1-5-28(6-2)14-16-30-15-12-21-7-10-25-26-19(3)17-20-18-22(29)8-9-23(20)24(26)11-13-27(21,25)4;7-3(8)1-6(13,5(11)12)2-4(9)10/h8-9,12,18-19,24-26,29H,5-7,10-11,13-17H2,1-4H3;13H,1-2H2,(H,7,8)(H,9,10)(H,11,12)/b21-12+;/t19-,24?,25?,26?,27?;/m1./s1. The van der Waals surface area contributed by atoms with Gasteiger partial charge in [0.15, 0.2) is 5.60 Å². The van der Waals surface area contributed by atoms with Crippen LogP contribution >= 0.6 is 0 Å². The number of rotatable bonds is 12. The van der Waals surface area contributed by atoms with Crippen molar-refractivity contribution in [2.24, 2.45) is 23.2 Å². The van der Waals surface area contributed by atoms with E-state index in [1.54, 1.807) is 5.57 Å². The number of carboxylic acid groups (broad SMARTS) is 3. The van der Waals surface area contributed by atoms with Crippen molar-refractivity contribution in [2.75, 3.05) is 32.8 Å². The Kier molecular flexibility index (Phi) is 11.8. The quantitative estimate of drug-likeness (QED) is 0.169. The van der Waals surface area contributed by atoms with Gasteiger partial charge in [-0.2, -0.15) is 0 Å². The van der Waals surface area contributed by atoms with Crippen molar-refractivity contribution < 1.29 is 44.7 Å². The molecule has 240 valence electrons. The molecule has 0 spiro atoms. The molecular formula is C33H49NO9. The maximum Gasteiger partial charge on any atom is 0.336 e. The highest BCUT2D eigenvalue weighted by atomic mass is 16.5. The van der Waals surface area contributed by atoms with Crippen LogP contribution in [-0.4, -0.2) is 86.8 Å². The summed E-state index contributed by atoms with van der Waals surface area (Å²) in [6.45, 7) is 14.3. The van der Waals surface area contributed by atoms with Crippen LogP contribution in [0.4, 0.5) is 0 Å². The minimum atomic E-state index is -2.74. The molecule has 0 bridgehead atoms. The van der Waals surface area contributed by atoms with Gasteiger partial charge in [-0.25, -0.2) is 4.79 Å². The van der Waals surface area contributed by atoms with Crippen molar-refractivity contribution in [3.63, 3.8) is 0 Å². The Bertz CT molecular complexity index is 1160. The Balaban J connectivity index is 0.000000331. The van der Waals surface area contributed by atoms with Crippen LogP contribution in [0.1, 0.15) is 83.3 Å². The number of carboxylic acids is 3. The molecule has 2 fully saturated rings. The van der Waals surface area contributed by atoms with Crippen molar-refractivity contribution in [1.29, 1.82) is 0 Å². The van der Waals surface area contributed by atoms with Gasteiger partial charge in [0.05, 0.1) is 26.1 Å². The molecular weight excluding hydrogens is 554 g/mol. The molecule has 1 aromatic rings. The summed E-state index contributed by atoms with van der Waals surface area (Å²) in [6, 6.07) is 6.13. The topological polar surface area (TPSA) is 165 Å². The number of likely N-dealkylation sites (N-methyl/N-ethyl adjacent to an activating group) is 1. The molecule has 0 saturated heterocycles. The normalized spacial score (nSPS) is 27.1. The summed E-state index contributed by atoms with van der Waals surface area (Å²) in [4.78, 5) is 32.9. The van der Waals surface area contributed by atoms with Crippen LogP contribution < -0.4 is 0 Å². The summed E-state index contributed by atoms with van der Waals surface area (Å²) in [5.74, 6) is -1.67. The van der Waals surface area contributed by atoms with Gasteiger partial charge in [-0.3, -0.25) is 9.59 Å². The van der Waals surface area contributed by atoms with E-state index < -0.39 is 36.4 Å². The van der Waals surface area contributed by atoms with E-state index in [4.69, 9.17) is 25.2 Å². The highest BCUT2D eigenvalue weighted by Gasteiger charge is 2.54. The molecule has 0 aliphatic heterocycles. The summed E-state index contributed by atoms with van der Waals surface area (Å²) in [6.07, 6.45) is 6.41. The number of benzene rings is 1. The number of phenolic OH excluding ortho intramolecular Hbond substituents is 1. The number of nitrogens with zero attached hydrogens (tertiary/aromatic N) is 1. The highest BCUT2D eigenvalue weighted by Crippen LogP contribution is 2.63. The number of fused-ring (bicyclic) bond motifs is 5. The summed E-state index contributed by atoms with van der Waals surface area (Å²) in [5, 5.41) is 43.8. The number of carbonyl (C=O) groups is 3. The number of aliphatic carboxylic acids is 3. The van der Waals surface area contributed by atoms with Crippen molar-refractivity contribution in [3.8, 4) is 5.75 Å². The first kappa shape index (κ1) is 34.5. The van der Waals surface area contributed by atoms with E-state index in [0.29, 0.717) is 23.0 Å². The molecule has 10 nitrogen and oxygen atoms in total. The molecule has 0 radical (unpaired) electrons. The van der Waals surface area contributed by atoms with E-state index in [9.17, 15) is 19.5 Å². The van der Waals surface area contributed by atoms with E-state index in [-0.39, 0.29) is 0 Å². The Morgan fingerprint density at radius 1 is 1.09 bits per heavy atom. The molecule has 3 aliphatic rings. The van der Waals surface area contributed by atoms with Crippen LogP contribution in [0.2, 0.25) is 0 Å².